The van der Waals surface area contributed by atoms with E-state index in [4.69, 9.17) is 4.42 Å². The van der Waals surface area contributed by atoms with Gasteiger partial charge >= 0.3 is 0 Å². The van der Waals surface area contributed by atoms with Gasteiger partial charge in [0.05, 0.1) is 9.40 Å². The number of hydrogen-bond donors (Lipinski definition) is 0. The van der Waals surface area contributed by atoms with E-state index >= 15 is 0 Å². The van der Waals surface area contributed by atoms with Crippen LogP contribution in [0.15, 0.2) is 65.1 Å². The zero-order valence-corrected chi connectivity index (χ0v) is 12.6. The molecule has 0 saturated heterocycles. The minimum atomic E-state index is 1.01. The molecule has 0 unspecified atom stereocenters. The van der Waals surface area contributed by atoms with Gasteiger partial charge < -0.3 is 4.42 Å². The van der Waals surface area contributed by atoms with Gasteiger partial charge in [-0.25, -0.2) is 0 Å². The first-order chi connectivity index (χ1) is 10.4. The molecular formula is C18H10OS2. The molecule has 0 aliphatic rings. The molecule has 0 spiro atoms. The van der Waals surface area contributed by atoms with Crippen molar-refractivity contribution in [2.45, 2.75) is 0 Å². The van der Waals surface area contributed by atoms with Crippen molar-refractivity contribution in [2.24, 2.45) is 0 Å². The highest BCUT2D eigenvalue weighted by molar-refractivity contribution is 7.32. The number of benzene rings is 2. The van der Waals surface area contributed by atoms with Crippen LogP contribution >= 0.6 is 22.7 Å². The van der Waals surface area contributed by atoms with Gasteiger partial charge in [0.1, 0.15) is 5.58 Å². The van der Waals surface area contributed by atoms with Crippen molar-refractivity contribution in [3.05, 3.63) is 60.7 Å². The Hall–Kier alpha value is -2.10. The normalized spacial score (nSPS) is 11.8. The first-order valence-corrected chi connectivity index (χ1v) is 8.42. The molecule has 0 aliphatic heterocycles. The lowest BCUT2D eigenvalue weighted by Gasteiger charge is -1.93. The van der Waals surface area contributed by atoms with E-state index in [0.717, 1.165) is 11.2 Å². The van der Waals surface area contributed by atoms with Gasteiger partial charge in [0, 0.05) is 21.0 Å². The van der Waals surface area contributed by atoms with Crippen molar-refractivity contribution >= 4 is 53.3 Å². The molecule has 0 bridgehead atoms. The fourth-order valence-electron chi connectivity index (χ4n) is 2.74. The van der Waals surface area contributed by atoms with Gasteiger partial charge in [0.25, 0.3) is 0 Å². The Morgan fingerprint density at radius 1 is 0.762 bits per heavy atom. The summed E-state index contributed by atoms with van der Waals surface area (Å²) in [6, 6.07) is 21.1. The van der Waals surface area contributed by atoms with Gasteiger partial charge in [0.15, 0.2) is 5.58 Å². The maximum atomic E-state index is 6.13. The number of furan rings is 1. The van der Waals surface area contributed by atoms with Crippen LogP contribution in [0.2, 0.25) is 0 Å². The first kappa shape index (κ1) is 11.5. The maximum Gasteiger partial charge on any atom is 0.154 e. The summed E-state index contributed by atoms with van der Waals surface area (Å²) in [5.41, 5.74) is 3.30. The van der Waals surface area contributed by atoms with E-state index in [1.165, 1.54) is 29.9 Å². The van der Waals surface area contributed by atoms with E-state index in [1.54, 1.807) is 0 Å². The van der Waals surface area contributed by atoms with Crippen LogP contribution in [0.3, 0.4) is 0 Å². The smallest absolute Gasteiger partial charge is 0.154 e. The lowest BCUT2D eigenvalue weighted by atomic mass is 10.2. The number of rotatable bonds is 1. The van der Waals surface area contributed by atoms with Crippen LogP contribution in [0.1, 0.15) is 0 Å². The van der Waals surface area contributed by atoms with Gasteiger partial charge in [-0.15, -0.1) is 22.7 Å². The Kier molecular flexibility index (Phi) is 2.31. The first-order valence-electron chi connectivity index (χ1n) is 6.79. The molecule has 1 nitrogen and oxygen atoms in total. The highest BCUT2D eigenvalue weighted by Gasteiger charge is 2.16. The topological polar surface area (TPSA) is 13.1 Å². The van der Waals surface area contributed by atoms with Crippen LogP contribution in [0, 0.1) is 0 Å². The molecule has 100 valence electrons. The van der Waals surface area contributed by atoms with Crippen molar-refractivity contribution in [1.29, 1.82) is 0 Å². The zero-order chi connectivity index (χ0) is 13.8. The summed E-state index contributed by atoms with van der Waals surface area (Å²) in [6.45, 7) is 0. The summed E-state index contributed by atoms with van der Waals surface area (Å²) in [7, 11) is 0. The van der Waals surface area contributed by atoms with E-state index in [-0.39, 0.29) is 0 Å². The molecule has 0 aliphatic carbocycles. The quantitative estimate of drug-likeness (QED) is 0.343. The van der Waals surface area contributed by atoms with Crippen LogP contribution in [0.25, 0.3) is 41.1 Å². The molecular weight excluding hydrogens is 296 g/mol. The molecule has 5 aromatic rings. The van der Waals surface area contributed by atoms with E-state index in [9.17, 15) is 0 Å². The van der Waals surface area contributed by atoms with Crippen molar-refractivity contribution in [1.82, 2.24) is 0 Å². The molecule has 21 heavy (non-hydrogen) atoms. The molecule has 0 radical (unpaired) electrons. The summed E-state index contributed by atoms with van der Waals surface area (Å²) in [4.78, 5) is 1.27. The Balaban J connectivity index is 1.83. The summed E-state index contributed by atoms with van der Waals surface area (Å²) < 4.78 is 9.97. The van der Waals surface area contributed by atoms with E-state index < -0.39 is 0 Å². The maximum absolute atomic E-state index is 6.13. The second-order valence-electron chi connectivity index (χ2n) is 5.03. The average Bonchev–Trinajstić information content (AvgIpc) is 3.17. The molecule has 3 heteroatoms. The summed E-state index contributed by atoms with van der Waals surface area (Å²) in [5, 5.41) is 1.22. The van der Waals surface area contributed by atoms with Gasteiger partial charge in [0.2, 0.25) is 0 Å². The molecule has 0 fully saturated rings. The molecule has 5 rings (SSSR count). The number of thiophene rings is 2. The Morgan fingerprint density at radius 2 is 1.57 bits per heavy atom. The SMILES string of the molecule is c1ccc(-c2cc3oc4c5ccccc5sc4c3s2)cc1. The van der Waals surface area contributed by atoms with Gasteiger partial charge in [-0.05, 0) is 17.7 Å². The van der Waals surface area contributed by atoms with Crippen LogP contribution in [-0.4, -0.2) is 0 Å². The summed E-state index contributed by atoms with van der Waals surface area (Å²) in [6.07, 6.45) is 0. The average molecular weight is 306 g/mol. The molecule has 3 aromatic heterocycles. The largest absolute Gasteiger partial charge is 0.454 e. The fourth-order valence-corrected chi connectivity index (χ4v) is 5.09. The highest BCUT2D eigenvalue weighted by atomic mass is 32.1. The molecule has 3 heterocycles. The van der Waals surface area contributed by atoms with E-state index in [1.807, 2.05) is 28.7 Å². The third-order valence-corrected chi connectivity index (χ3v) is 6.21. The van der Waals surface area contributed by atoms with Crippen LogP contribution < -0.4 is 0 Å². The van der Waals surface area contributed by atoms with Crippen molar-refractivity contribution in [3.63, 3.8) is 0 Å². The van der Waals surface area contributed by atoms with Gasteiger partial charge in [-0.1, -0.05) is 42.5 Å². The molecule has 0 N–H and O–H groups in total. The highest BCUT2D eigenvalue weighted by Crippen LogP contribution is 2.45. The fraction of sp³-hybridized carbons (Fsp3) is 0. The lowest BCUT2D eigenvalue weighted by Crippen LogP contribution is -1.67. The zero-order valence-electron chi connectivity index (χ0n) is 11.0. The third kappa shape index (κ3) is 1.62. The molecule has 2 aromatic carbocycles. The third-order valence-electron chi connectivity index (χ3n) is 3.72. The van der Waals surface area contributed by atoms with E-state index in [0.29, 0.717) is 0 Å². The Morgan fingerprint density at radius 3 is 2.48 bits per heavy atom. The summed E-state index contributed by atoms with van der Waals surface area (Å²) >= 11 is 3.64. The standard InChI is InChI=1S/C18H10OS2/c1-2-6-11(7-3-1)15-10-13-17(21-15)18-16(19-13)12-8-4-5-9-14(12)20-18/h1-10H. The molecule has 0 saturated carbocycles. The van der Waals surface area contributed by atoms with Crippen LogP contribution in [-0.2, 0) is 0 Å². The van der Waals surface area contributed by atoms with Crippen molar-refractivity contribution in [2.75, 3.05) is 0 Å². The van der Waals surface area contributed by atoms with E-state index in [2.05, 4.69) is 54.6 Å². The van der Waals surface area contributed by atoms with Crippen LogP contribution in [0.4, 0.5) is 0 Å². The number of hydrogen-bond acceptors (Lipinski definition) is 3. The van der Waals surface area contributed by atoms with Crippen molar-refractivity contribution in [3.8, 4) is 10.4 Å². The van der Waals surface area contributed by atoms with Gasteiger partial charge in [-0.2, -0.15) is 0 Å². The summed E-state index contributed by atoms with van der Waals surface area (Å²) in [5.74, 6) is 0. The van der Waals surface area contributed by atoms with Crippen LogP contribution in [0.5, 0.6) is 0 Å². The predicted molar refractivity (Wildman–Crippen MR) is 92.4 cm³/mol. The van der Waals surface area contributed by atoms with Gasteiger partial charge in [-0.3, -0.25) is 0 Å². The molecule has 0 amide bonds. The number of fused-ring (bicyclic) bond motifs is 5. The minimum Gasteiger partial charge on any atom is -0.454 e. The Labute approximate surface area is 129 Å². The Bertz CT molecular complexity index is 1080. The second kappa shape index (κ2) is 4.20. The lowest BCUT2D eigenvalue weighted by molar-refractivity contribution is 0.674. The molecule has 0 atom stereocenters. The predicted octanol–water partition coefficient (Wildman–Crippen LogP) is 6.53. The minimum absolute atomic E-state index is 1.01. The van der Waals surface area contributed by atoms with Crippen molar-refractivity contribution < 1.29 is 4.42 Å². The monoisotopic (exact) mass is 306 g/mol. The second-order valence-corrected chi connectivity index (χ2v) is 7.13.